The first kappa shape index (κ1) is 13.6. The van der Waals surface area contributed by atoms with E-state index in [4.69, 9.17) is 4.74 Å². The number of hydrogen-bond acceptors (Lipinski definition) is 3. The quantitative estimate of drug-likeness (QED) is 0.807. The summed E-state index contributed by atoms with van der Waals surface area (Å²) in [6, 6.07) is 4.38. The molecular weight excluding hydrogens is 249 g/mol. The third kappa shape index (κ3) is 3.57. The second kappa shape index (κ2) is 6.38. The van der Waals surface area contributed by atoms with E-state index in [1.807, 2.05) is 0 Å². The number of hydrogen-bond donors (Lipinski definition) is 2. The zero-order valence-electron chi connectivity index (χ0n) is 10.9. The van der Waals surface area contributed by atoms with Crippen LogP contribution >= 0.6 is 0 Å². The minimum Gasteiger partial charge on any atom is -0.491 e. The number of carbonyl (C=O) groups is 1. The van der Waals surface area contributed by atoms with Gasteiger partial charge in [0.1, 0.15) is 18.2 Å². The predicted molar refractivity (Wildman–Crippen MR) is 69.6 cm³/mol. The molecule has 5 nitrogen and oxygen atoms in total. The lowest BCUT2D eigenvalue weighted by Crippen LogP contribution is -2.32. The third-order valence-corrected chi connectivity index (χ3v) is 2.95. The van der Waals surface area contributed by atoms with Crippen LogP contribution in [0.2, 0.25) is 0 Å². The Morgan fingerprint density at radius 3 is 3.05 bits per heavy atom. The number of ether oxygens (including phenoxy) is 1. The van der Waals surface area contributed by atoms with Gasteiger partial charge in [-0.25, -0.2) is 9.18 Å². The normalized spacial score (nSPS) is 14.6. The fraction of sp³-hybridized carbons (Fsp3) is 0.462. The van der Waals surface area contributed by atoms with Gasteiger partial charge in [0.25, 0.3) is 0 Å². The molecule has 1 aliphatic heterocycles. The highest BCUT2D eigenvalue weighted by Crippen LogP contribution is 2.19. The van der Waals surface area contributed by atoms with E-state index in [2.05, 4.69) is 10.6 Å². The van der Waals surface area contributed by atoms with Crippen LogP contribution in [0.15, 0.2) is 18.2 Å². The second-order valence-electron chi connectivity index (χ2n) is 4.35. The first-order valence-corrected chi connectivity index (χ1v) is 6.29. The van der Waals surface area contributed by atoms with Crippen LogP contribution in [0.3, 0.4) is 0 Å². The summed E-state index contributed by atoms with van der Waals surface area (Å²) in [7, 11) is 1.79. The molecule has 0 spiro atoms. The SMILES string of the molecule is CNCc1cc(F)ccc1OCCN1CCNC1=O. The second-order valence-corrected chi connectivity index (χ2v) is 4.35. The van der Waals surface area contributed by atoms with Crippen LogP contribution in [0, 0.1) is 5.82 Å². The molecule has 0 atom stereocenters. The average molecular weight is 267 g/mol. The van der Waals surface area contributed by atoms with Crippen LogP contribution in [0.4, 0.5) is 9.18 Å². The molecule has 0 radical (unpaired) electrons. The number of carbonyl (C=O) groups excluding carboxylic acids is 1. The minimum atomic E-state index is -0.281. The molecule has 1 saturated heterocycles. The van der Waals surface area contributed by atoms with Gasteiger partial charge in [0, 0.05) is 25.2 Å². The zero-order valence-corrected chi connectivity index (χ0v) is 10.9. The smallest absolute Gasteiger partial charge is 0.317 e. The Hall–Kier alpha value is -1.82. The molecule has 0 unspecified atom stereocenters. The molecule has 6 heteroatoms. The van der Waals surface area contributed by atoms with E-state index in [1.165, 1.54) is 12.1 Å². The summed E-state index contributed by atoms with van der Waals surface area (Å²) in [6.07, 6.45) is 0. The maximum absolute atomic E-state index is 13.1. The standard InChI is InChI=1S/C13H18FN3O2/c1-15-9-10-8-11(14)2-3-12(10)19-7-6-17-5-4-16-13(17)18/h2-3,8,15H,4-7,9H2,1H3,(H,16,18). The summed E-state index contributed by atoms with van der Waals surface area (Å²) >= 11 is 0. The van der Waals surface area contributed by atoms with Crippen molar-refractivity contribution in [2.24, 2.45) is 0 Å². The highest BCUT2D eigenvalue weighted by atomic mass is 19.1. The van der Waals surface area contributed by atoms with Gasteiger partial charge in [0.05, 0.1) is 6.54 Å². The van der Waals surface area contributed by atoms with E-state index in [9.17, 15) is 9.18 Å². The van der Waals surface area contributed by atoms with Gasteiger partial charge in [-0.3, -0.25) is 0 Å². The number of amides is 2. The zero-order chi connectivity index (χ0) is 13.7. The van der Waals surface area contributed by atoms with Crippen molar-refractivity contribution < 1.29 is 13.9 Å². The van der Waals surface area contributed by atoms with Crippen LogP contribution < -0.4 is 15.4 Å². The highest BCUT2D eigenvalue weighted by Gasteiger charge is 2.18. The number of nitrogens with one attached hydrogen (secondary N) is 2. The van der Waals surface area contributed by atoms with Gasteiger partial charge >= 0.3 is 6.03 Å². The summed E-state index contributed by atoms with van der Waals surface area (Å²) in [5.41, 5.74) is 0.772. The van der Waals surface area contributed by atoms with Crippen LogP contribution in [0.5, 0.6) is 5.75 Å². The van der Waals surface area contributed by atoms with E-state index in [-0.39, 0.29) is 11.8 Å². The molecule has 0 aromatic heterocycles. The lowest BCUT2D eigenvalue weighted by molar-refractivity contribution is 0.202. The summed E-state index contributed by atoms with van der Waals surface area (Å²) < 4.78 is 18.8. The number of nitrogens with zero attached hydrogens (tertiary/aromatic N) is 1. The van der Waals surface area contributed by atoms with Crippen molar-refractivity contribution in [3.63, 3.8) is 0 Å². The molecule has 1 heterocycles. The van der Waals surface area contributed by atoms with E-state index in [1.54, 1.807) is 18.0 Å². The highest BCUT2D eigenvalue weighted by molar-refractivity contribution is 5.76. The van der Waals surface area contributed by atoms with Crippen LogP contribution in [0.1, 0.15) is 5.56 Å². The Morgan fingerprint density at radius 1 is 1.53 bits per heavy atom. The Morgan fingerprint density at radius 2 is 2.37 bits per heavy atom. The summed E-state index contributed by atoms with van der Waals surface area (Å²) in [5, 5.41) is 5.70. The van der Waals surface area contributed by atoms with Gasteiger partial charge < -0.3 is 20.3 Å². The molecular formula is C13H18FN3O2. The number of halogens is 1. The molecule has 1 aromatic rings. The molecule has 104 valence electrons. The molecule has 1 aliphatic rings. The van der Waals surface area contributed by atoms with Crippen molar-refractivity contribution in [1.82, 2.24) is 15.5 Å². The topological polar surface area (TPSA) is 53.6 Å². The van der Waals surface area contributed by atoms with Gasteiger partial charge in [-0.2, -0.15) is 0 Å². The van der Waals surface area contributed by atoms with Crippen molar-refractivity contribution >= 4 is 6.03 Å². The van der Waals surface area contributed by atoms with Crippen molar-refractivity contribution in [1.29, 1.82) is 0 Å². The van der Waals surface area contributed by atoms with Crippen LogP contribution in [0.25, 0.3) is 0 Å². The van der Waals surface area contributed by atoms with Crippen LogP contribution in [-0.4, -0.2) is 44.2 Å². The molecule has 19 heavy (non-hydrogen) atoms. The van der Waals surface area contributed by atoms with E-state index in [0.717, 1.165) is 5.56 Å². The lowest BCUT2D eigenvalue weighted by Gasteiger charge is -2.16. The van der Waals surface area contributed by atoms with Crippen LogP contribution in [-0.2, 0) is 6.54 Å². The minimum absolute atomic E-state index is 0.0573. The van der Waals surface area contributed by atoms with Crippen molar-refractivity contribution in [2.45, 2.75) is 6.54 Å². The fourth-order valence-corrected chi connectivity index (χ4v) is 2.01. The Labute approximate surface area is 111 Å². The van der Waals surface area contributed by atoms with E-state index >= 15 is 0 Å². The molecule has 2 rings (SSSR count). The first-order chi connectivity index (χ1) is 9.20. The monoisotopic (exact) mass is 267 g/mol. The number of urea groups is 1. The third-order valence-electron chi connectivity index (χ3n) is 2.95. The summed E-state index contributed by atoms with van der Waals surface area (Å²) in [4.78, 5) is 13.0. The first-order valence-electron chi connectivity index (χ1n) is 6.29. The maximum atomic E-state index is 13.1. The van der Waals surface area contributed by atoms with Gasteiger partial charge in [0.2, 0.25) is 0 Å². The summed E-state index contributed by atoms with van der Waals surface area (Å²) in [5.74, 6) is 0.367. The largest absolute Gasteiger partial charge is 0.491 e. The Bertz CT molecular complexity index is 454. The van der Waals surface area contributed by atoms with Crippen molar-refractivity contribution in [3.8, 4) is 5.75 Å². The molecule has 2 N–H and O–H groups in total. The maximum Gasteiger partial charge on any atom is 0.317 e. The molecule has 1 fully saturated rings. The van der Waals surface area contributed by atoms with Crippen molar-refractivity contribution in [3.05, 3.63) is 29.6 Å². The van der Waals surface area contributed by atoms with Gasteiger partial charge in [-0.15, -0.1) is 0 Å². The lowest BCUT2D eigenvalue weighted by atomic mass is 10.2. The van der Waals surface area contributed by atoms with E-state index < -0.39 is 0 Å². The van der Waals surface area contributed by atoms with Crippen molar-refractivity contribution in [2.75, 3.05) is 33.3 Å². The Balaban J connectivity index is 1.89. The number of benzene rings is 1. The molecule has 2 amide bonds. The fourth-order valence-electron chi connectivity index (χ4n) is 2.01. The van der Waals surface area contributed by atoms with Gasteiger partial charge in [0.15, 0.2) is 0 Å². The molecule has 0 saturated carbocycles. The number of rotatable bonds is 6. The molecule has 1 aromatic carbocycles. The molecule has 0 bridgehead atoms. The molecule has 0 aliphatic carbocycles. The van der Waals surface area contributed by atoms with Gasteiger partial charge in [-0.05, 0) is 25.2 Å². The average Bonchev–Trinajstić information content (AvgIpc) is 2.78. The summed E-state index contributed by atoms with van der Waals surface area (Å²) in [6.45, 7) is 2.85. The predicted octanol–water partition coefficient (Wildman–Crippen LogP) is 0.949. The van der Waals surface area contributed by atoms with E-state index in [0.29, 0.717) is 38.5 Å². The van der Waals surface area contributed by atoms with Gasteiger partial charge in [-0.1, -0.05) is 0 Å². The Kier molecular flexibility index (Phi) is 4.57.